The number of carbonyl (C=O) groups excluding carboxylic acids is 2. The minimum Gasteiger partial charge on any atom is -0.494 e. The van der Waals surface area contributed by atoms with Crippen molar-refractivity contribution in [2.24, 2.45) is 16.5 Å². The van der Waals surface area contributed by atoms with Crippen molar-refractivity contribution in [1.29, 1.82) is 0 Å². The van der Waals surface area contributed by atoms with Crippen molar-refractivity contribution in [1.82, 2.24) is 15.1 Å². The van der Waals surface area contributed by atoms with Crippen LogP contribution in [0.15, 0.2) is 41.4 Å². The van der Waals surface area contributed by atoms with Crippen molar-refractivity contribution >= 4 is 17.6 Å². The summed E-state index contributed by atoms with van der Waals surface area (Å²) < 4.78 is 19.8. The van der Waals surface area contributed by atoms with Gasteiger partial charge >= 0.3 is 0 Å². The van der Waals surface area contributed by atoms with Crippen LogP contribution in [0, 0.1) is 17.7 Å². The monoisotopic (exact) mass is 518 g/mol. The number of nitrogens with zero attached hydrogens (tertiary/aromatic N) is 3. The van der Waals surface area contributed by atoms with E-state index in [1.807, 2.05) is 24.3 Å². The maximum absolute atomic E-state index is 14.8. The third kappa shape index (κ3) is 4.65. The van der Waals surface area contributed by atoms with Crippen molar-refractivity contribution in [3.05, 3.63) is 64.5 Å². The Labute approximate surface area is 221 Å². The van der Waals surface area contributed by atoms with E-state index in [-0.39, 0.29) is 36.5 Å². The van der Waals surface area contributed by atoms with E-state index in [4.69, 9.17) is 16.2 Å². The predicted octanol–water partition coefficient (Wildman–Crippen LogP) is 1.16. The number of methoxy groups -OCH3 is 1. The number of benzene rings is 2. The zero-order valence-corrected chi connectivity index (χ0v) is 21.5. The highest BCUT2D eigenvalue weighted by atomic mass is 19.1. The van der Waals surface area contributed by atoms with Crippen LogP contribution in [-0.4, -0.2) is 72.3 Å². The number of amides is 2. The molecule has 1 saturated heterocycles. The highest BCUT2D eigenvalue weighted by Crippen LogP contribution is 2.32. The fourth-order valence-electron chi connectivity index (χ4n) is 5.38. The summed E-state index contributed by atoms with van der Waals surface area (Å²) in [5.74, 6) is 4.83. The number of likely N-dealkylation sites (tertiary alicyclic amines) is 1. The molecule has 0 aromatic heterocycles. The lowest BCUT2D eigenvalue weighted by Gasteiger charge is -2.27. The third-order valence-electron chi connectivity index (χ3n) is 7.35. The molecule has 0 bridgehead atoms. The Morgan fingerprint density at radius 2 is 2.03 bits per heavy atom. The number of hydrogen-bond acceptors (Lipinski definition) is 7. The molecule has 9 nitrogen and oxygen atoms in total. The summed E-state index contributed by atoms with van der Waals surface area (Å²) in [6.07, 6.45) is 0.953. The van der Waals surface area contributed by atoms with Gasteiger partial charge < -0.3 is 26.4 Å². The van der Waals surface area contributed by atoms with Crippen LogP contribution >= 0.6 is 0 Å². The molecule has 3 atom stereocenters. The molecule has 3 unspecified atom stereocenters. The molecule has 0 radical (unpaired) electrons. The molecule has 198 valence electrons. The number of nitrogens with one attached hydrogen (secondary N) is 1. The molecule has 3 heterocycles. The molecule has 5 rings (SSSR count). The minimum atomic E-state index is -1.51. The minimum absolute atomic E-state index is 0.00572. The highest BCUT2D eigenvalue weighted by molar-refractivity contribution is 6.10. The molecule has 5 N–H and O–H groups in total. The molecule has 0 spiro atoms. The van der Waals surface area contributed by atoms with Crippen molar-refractivity contribution in [2.75, 3.05) is 33.3 Å². The molecule has 2 aromatic carbocycles. The quantitative estimate of drug-likeness (QED) is 0.493. The fraction of sp³-hybridized carbons (Fsp3) is 0.393. The van der Waals surface area contributed by atoms with Crippen molar-refractivity contribution < 1.29 is 18.7 Å². The molecule has 3 aliphatic heterocycles. The van der Waals surface area contributed by atoms with Crippen molar-refractivity contribution in [3.63, 3.8) is 0 Å². The van der Waals surface area contributed by atoms with E-state index in [9.17, 15) is 14.0 Å². The van der Waals surface area contributed by atoms with Crippen molar-refractivity contribution in [2.45, 2.75) is 37.5 Å². The standard InChI is InChI=1S/C28H31FN6O3/c1-17-32-27(37)28(33-17,16-35-14-20-7-8-23(38-2)25(29)24(20)26(35)36)11-9-18-3-5-19(6-4-18)22(13-30)34-12-10-21(31)15-34/h3-8,21-22H,10,12-16,30-31H2,1-2H3,(H,32,33,37). The van der Waals surface area contributed by atoms with Gasteiger partial charge in [-0.1, -0.05) is 30.0 Å². The summed E-state index contributed by atoms with van der Waals surface area (Å²) in [5, 5.41) is 2.70. The Hall–Kier alpha value is -3.78. The van der Waals surface area contributed by atoms with E-state index >= 15 is 0 Å². The van der Waals surface area contributed by atoms with E-state index in [1.165, 1.54) is 18.1 Å². The van der Waals surface area contributed by atoms with Gasteiger partial charge in [-0.25, -0.2) is 9.38 Å². The van der Waals surface area contributed by atoms with E-state index in [2.05, 4.69) is 27.0 Å². The highest BCUT2D eigenvalue weighted by Gasteiger charge is 2.46. The summed E-state index contributed by atoms with van der Waals surface area (Å²) in [6.45, 7) is 3.91. The second kappa shape index (κ2) is 10.2. The summed E-state index contributed by atoms with van der Waals surface area (Å²) in [5.41, 5.74) is 12.9. The number of ether oxygens (including phenoxy) is 1. The third-order valence-corrected chi connectivity index (χ3v) is 7.35. The van der Waals surface area contributed by atoms with E-state index in [0.29, 0.717) is 23.5 Å². The Morgan fingerprint density at radius 3 is 2.63 bits per heavy atom. The topological polar surface area (TPSA) is 126 Å². The fourth-order valence-corrected chi connectivity index (χ4v) is 5.38. The van der Waals surface area contributed by atoms with Gasteiger partial charge in [0.1, 0.15) is 5.84 Å². The molecule has 3 aliphatic rings. The summed E-state index contributed by atoms with van der Waals surface area (Å²) >= 11 is 0. The van der Waals surface area contributed by atoms with Crippen LogP contribution in [0.1, 0.15) is 46.4 Å². The molecular weight excluding hydrogens is 487 g/mol. The van der Waals surface area contributed by atoms with Gasteiger partial charge in [-0.15, -0.1) is 0 Å². The lowest BCUT2D eigenvalue weighted by atomic mass is 9.98. The first-order valence-electron chi connectivity index (χ1n) is 12.6. The zero-order valence-electron chi connectivity index (χ0n) is 21.5. The smallest absolute Gasteiger partial charge is 0.267 e. The van der Waals surface area contributed by atoms with Crippen LogP contribution in [0.4, 0.5) is 4.39 Å². The van der Waals surface area contributed by atoms with E-state index in [1.54, 1.807) is 13.0 Å². The molecule has 0 aliphatic carbocycles. The van der Waals surface area contributed by atoms with Crippen LogP contribution in [0.5, 0.6) is 5.75 Å². The van der Waals surface area contributed by atoms with Crippen LogP contribution in [-0.2, 0) is 11.3 Å². The van der Waals surface area contributed by atoms with Gasteiger partial charge in [0.2, 0.25) is 5.54 Å². The number of aliphatic imine (C=N–C) groups is 1. The first kappa shape index (κ1) is 25.9. The lowest BCUT2D eigenvalue weighted by molar-refractivity contribution is -0.122. The van der Waals surface area contributed by atoms with Gasteiger partial charge in [0.05, 0.1) is 19.2 Å². The van der Waals surface area contributed by atoms with Crippen LogP contribution in [0.3, 0.4) is 0 Å². The normalized spacial score (nSPS) is 23.6. The average Bonchev–Trinajstić information content (AvgIpc) is 3.55. The first-order valence-corrected chi connectivity index (χ1v) is 12.6. The molecule has 2 amide bonds. The second-order valence-electron chi connectivity index (χ2n) is 9.96. The molecule has 10 heteroatoms. The van der Waals surface area contributed by atoms with Gasteiger partial charge in [0, 0.05) is 43.8 Å². The summed E-state index contributed by atoms with van der Waals surface area (Å²) in [7, 11) is 1.34. The first-order chi connectivity index (χ1) is 18.2. The van der Waals surface area contributed by atoms with Crippen LogP contribution in [0.2, 0.25) is 0 Å². The number of carbonyl (C=O) groups is 2. The number of fused-ring (bicyclic) bond motifs is 1. The van der Waals surface area contributed by atoms with Gasteiger partial charge in [-0.2, -0.15) is 0 Å². The Balaban J connectivity index is 1.39. The van der Waals surface area contributed by atoms with Gasteiger partial charge in [-0.05, 0) is 42.7 Å². The number of hydrogen-bond donors (Lipinski definition) is 3. The zero-order chi connectivity index (χ0) is 27.0. The summed E-state index contributed by atoms with van der Waals surface area (Å²) in [4.78, 5) is 34.3. The molecule has 0 saturated carbocycles. The predicted molar refractivity (Wildman–Crippen MR) is 141 cm³/mol. The van der Waals surface area contributed by atoms with Gasteiger partial charge in [-0.3, -0.25) is 14.5 Å². The maximum Gasteiger partial charge on any atom is 0.267 e. The Kier molecular flexibility index (Phi) is 6.92. The average molecular weight is 519 g/mol. The van der Waals surface area contributed by atoms with Crippen LogP contribution in [0.25, 0.3) is 0 Å². The lowest BCUT2D eigenvalue weighted by Crippen LogP contribution is -2.48. The number of amidine groups is 1. The second-order valence-corrected chi connectivity index (χ2v) is 9.96. The maximum atomic E-state index is 14.8. The molecule has 38 heavy (non-hydrogen) atoms. The number of halogens is 1. The SMILES string of the molecule is COc1ccc2c(c1F)C(=O)N(CC1(C#Cc3ccc(C(CN)N4CCC(N)C4)cc3)N=C(C)NC1=O)C2. The van der Waals surface area contributed by atoms with E-state index < -0.39 is 23.2 Å². The number of nitrogens with two attached hydrogens (primary N) is 2. The largest absolute Gasteiger partial charge is 0.494 e. The molecule has 1 fully saturated rings. The van der Waals surface area contributed by atoms with Gasteiger partial charge in [0.15, 0.2) is 11.6 Å². The molecule has 2 aromatic rings. The van der Waals surface area contributed by atoms with Crippen LogP contribution < -0.4 is 21.5 Å². The molecular formula is C28H31FN6O3. The number of rotatable bonds is 6. The van der Waals surface area contributed by atoms with E-state index in [0.717, 1.165) is 25.1 Å². The van der Waals surface area contributed by atoms with Gasteiger partial charge in [0.25, 0.3) is 11.8 Å². The Morgan fingerprint density at radius 1 is 1.26 bits per heavy atom. The Bertz CT molecular complexity index is 1370. The summed E-state index contributed by atoms with van der Waals surface area (Å²) in [6, 6.07) is 11.1. The van der Waals surface area contributed by atoms with Crippen molar-refractivity contribution in [3.8, 4) is 17.6 Å².